The Morgan fingerprint density at radius 2 is 1.74 bits per heavy atom. The number of nitrogens with zero attached hydrogens (tertiary/aromatic N) is 1. The number of benzene rings is 3. The Labute approximate surface area is 210 Å². The lowest BCUT2D eigenvalue weighted by molar-refractivity contribution is 0.0997. The van der Waals surface area contributed by atoms with Gasteiger partial charge in [0.2, 0.25) is 5.89 Å². The van der Waals surface area contributed by atoms with Crippen LogP contribution in [0.5, 0.6) is 0 Å². The van der Waals surface area contributed by atoms with Crippen LogP contribution in [0.15, 0.2) is 75.6 Å². The molecule has 0 radical (unpaired) electrons. The van der Waals surface area contributed by atoms with Gasteiger partial charge in [-0.05, 0) is 72.6 Å². The maximum Gasteiger partial charge on any atom is 0.291 e. The van der Waals surface area contributed by atoms with E-state index in [1.54, 1.807) is 48.5 Å². The average Bonchev–Trinajstić information content (AvgIpc) is 3.49. The van der Waals surface area contributed by atoms with Crippen molar-refractivity contribution in [1.82, 2.24) is 4.98 Å². The molecule has 5 aromatic rings. The number of hydrogen-bond acceptors (Lipinski definition) is 4. The van der Waals surface area contributed by atoms with Gasteiger partial charge in [-0.1, -0.05) is 47.8 Å². The van der Waals surface area contributed by atoms with Crippen LogP contribution in [0.25, 0.3) is 33.9 Å². The van der Waals surface area contributed by atoms with Crippen molar-refractivity contribution in [2.75, 3.05) is 5.32 Å². The molecule has 0 fully saturated rings. The average molecular weight is 512 g/mol. The number of hydrogen-bond donors (Lipinski definition) is 1. The summed E-state index contributed by atoms with van der Waals surface area (Å²) in [6.07, 6.45) is 0.910. The standard InChI is InChI=1S/C26H17Cl3N2O3/c1-2-14-3-8-23-21(11-14)31-26(34-23)15-4-6-19(29)20(12-15)30-25(32)24-10-9-22(33-24)17-13-16(27)5-7-18(17)28/h3-13H,2H2,1H3,(H,30,32). The van der Waals surface area contributed by atoms with E-state index in [4.69, 9.17) is 43.6 Å². The molecule has 0 aliphatic rings. The highest BCUT2D eigenvalue weighted by Gasteiger charge is 2.17. The molecule has 0 aliphatic carbocycles. The summed E-state index contributed by atoms with van der Waals surface area (Å²) in [7, 11) is 0. The number of rotatable bonds is 5. The lowest BCUT2D eigenvalue weighted by Crippen LogP contribution is -2.11. The first kappa shape index (κ1) is 22.5. The number of fused-ring (bicyclic) bond motifs is 1. The molecule has 34 heavy (non-hydrogen) atoms. The van der Waals surface area contributed by atoms with Gasteiger partial charge in [0.15, 0.2) is 11.3 Å². The van der Waals surface area contributed by atoms with Crippen LogP contribution in [0.1, 0.15) is 23.0 Å². The first-order valence-electron chi connectivity index (χ1n) is 10.5. The van der Waals surface area contributed by atoms with Crippen LogP contribution >= 0.6 is 34.8 Å². The molecule has 0 bridgehead atoms. The highest BCUT2D eigenvalue weighted by atomic mass is 35.5. The van der Waals surface area contributed by atoms with Crippen LogP contribution in [-0.4, -0.2) is 10.9 Å². The molecule has 0 saturated heterocycles. The molecule has 0 aliphatic heterocycles. The lowest BCUT2D eigenvalue weighted by Gasteiger charge is -2.07. The minimum absolute atomic E-state index is 0.0986. The zero-order valence-corrected chi connectivity index (χ0v) is 20.1. The van der Waals surface area contributed by atoms with Gasteiger partial charge in [0, 0.05) is 16.1 Å². The minimum Gasteiger partial charge on any atom is -0.451 e. The summed E-state index contributed by atoms with van der Waals surface area (Å²) in [5.74, 6) is 0.497. The van der Waals surface area contributed by atoms with Gasteiger partial charge in [0.1, 0.15) is 11.3 Å². The molecule has 1 amide bonds. The highest BCUT2D eigenvalue weighted by molar-refractivity contribution is 6.35. The fourth-order valence-corrected chi connectivity index (χ4v) is 4.09. The van der Waals surface area contributed by atoms with Gasteiger partial charge in [-0.2, -0.15) is 0 Å². The van der Waals surface area contributed by atoms with E-state index in [-0.39, 0.29) is 5.76 Å². The monoisotopic (exact) mass is 510 g/mol. The number of furan rings is 1. The molecule has 8 heteroatoms. The molecule has 5 rings (SSSR count). The minimum atomic E-state index is -0.464. The third-order valence-corrected chi connectivity index (χ3v) is 6.24. The number of amides is 1. The van der Waals surface area contributed by atoms with Gasteiger partial charge in [0.25, 0.3) is 5.91 Å². The predicted molar refractivity (Wildman–Crippen MR) is 136 cm³/mol. The SMILES string of the molecule is CCc1ccc2oc(-c3ccc(Cl)c(NC(=O)c4ccc(-c5cc(Cl)ccc5Cl)o4)c3)nc2c1. The number of nitrogens with one attached hydrogen (secondary N) is 1. The van der Waals surface area contributed by atoms with Crippen LogP contribution in [0.4, 0.5) is 5.69 Å². The van der Waals surface area contributed by atoms with Crippen LogP contribution in [0, 0.1) is 0 Å². The van der Waals surface area contributed by atoms with Crippen LogP contribution < -0.4 is 5.32 Å². The molecule has 5 nitrogen and oxygen atoms in total. The van der Waals surface area contributed by atoms with Crippen molar-refractivity contribution >= 4 is 57.5 Å². The summed E-state index contributed by atoms with van der Waals surface area (Å²) in [4.78, 5) is 17.4. The molecular weight excluding hydrogens is 495 g/mol. The molecule has 2 aromatic heterocycles. The summed E-state index contributed by atoms with van der Waals surface area (Å²) in [5, 5.41) is 4.13. The molecular formula is C26H17Cl3N2O3. The van der Waals surface area contributed by atoms with Gasteiger partial charge in [-0.25, -0.2) is 4.98 Å². The molecule has 0 saturated carbocycles. The molecule has 0 unspecified atom stereocenters. The Balaban J connectivity index is 1.41. The van der Waals surface area contributed by atoms with E-state index in [0.29, 0.717) is 49.1 Å². The quantitative estimate of drug-likeness (QED) is 0.257. The van der Waals surface area contributed by atoms with Gasteiger partial charge >= 0.3 is 0 Å². The van der Waals surface area contributed by atoms with Crippen molar-refractivity contribution in [2.45, 2.75) is 13.3 Å². The Bertz CT molecular complexity index is 1540. The van der Waals surface area contributed by atoms with E-state index < -0.39 is 5.91 Å². The molecule has 170 valence electrons. The van der Waals surface area contributed by atoms with E-state index >= 15 is 0 Å². The first-order valence-corrected chi connectivity index (χ1v) is 11.6. The number of aryl methyl sites for hydroxylation is 1. The zero-order chi connectivity index (χ0) is 23.8. The Kier molecular flexibility index (Phi) is 6.09. The van der Waals surface area contributed by atoms with E-state index in [2.05, 4.69) is 17.2 Å². The number of carbonyl (C=O) groups is 1. The van der Waals surface area contributed by atoms with Crippen molar-refractivity contribution in [3.05, 3.63) is 93.1 Å². The maximum atomic E-state index is 12.9. The van der Waals surface area contributed by atoms with Gasteiger partial charge < -0.3 is 14.2 Å². The van der Waals surface area contributed by atoms with E-state index in [1.165, 1.54) is 5.56 Å². The van der Waals surface area contributed by atoms with Crippen LogP contribution in [0.2, 0.25) is 15.1 Å². The largest absolute Gasteiger partial charge is 0.451 e. The van der Waals surface area contributed by atoms with Crippen LogP contribution in [0.3, 0.4) is 0 Å². The van der Waals surface area contributed by atoms with E-state index in [0.717, 1.165) is 11.9 Å². The second-order valence-corrected chi connectivity index (χ2v) is 8.86. The first-order chi connectivity index (χ1) is 16.4. The summed E-state index contributed by atoms with van der Waals surface area (Å²) >= 11 is 18.6. The molecule has 0 atom stereocenters. The summed E-state index contributed by atoms with van der Waals surface area (Å²) in [6.45, 7) is 2.09. The maximum absolute atomic E-state index is 12.9. The smallest absolute Gasteiger partial charge is 0.291 e. The number of aromatic nitrogens is 1. The molecule has 0 spiro atoms. The van der Waals surface area contributed by atoms with E-state index in [9.17, 15) is 4.79 Å². The Morgan fingerprint density at radius 1 is 0.912 bits per heavy atom. The van der Waals surface area contributed by atoms with Crippen molar-refractivity contribution in [2.24, 2.45) is 0 Å². The Morgan fingerprint density at radius 3 is 2.56 bits per heavy atom. The Hall–Kier alpha value is -3.25. The summed E-state index contributed by atoms with van der Waals surface area (Å²) in [6, 6.07) is 19.3. The van der Waals surface area contributed by atoms with Crippen LogP contribution in [-0.2, 0) is 6.42 Å². The van der Waals surface area contributed by atoms with Gasteiger partial charge in [0.05, 0.1) is 15.7 Å². The summed E-state index contributed by atoms with van der Waals surface area (Å²) < 4.78 is 11.6. The summed E-state index contributed by atoms with van der Waals surface area (Å²) in [5.41, 5.74) is 4.32. The number of oxazole rings is 1. The lowest BCUT2D eigenvalue weighted by atomic mass is 10.1. The topological polar surface area (TPSA) is 68.3 Å². The molecule has 1 N–H and O–H groups in total. The molecule has 3 aromatic carbocycles. The highest BCUT2D eigenvalue weighted by Crippen LogP contribution is 2.33. The number of anilines is 1. The van der Waals surface area contributed by atoms with Crippen molar-refractivity contribution in [3.8, 4) is 22.8 Å². The third-order valence-electron chi connectivity index (χ3n) is 5.35. The van der Waals surface area contributed by atoms with Gasteiger partial charge in [-0.3, -0.25) is 4.79 Å². The van der Waals surface area contributed by atoms with Gasteiger partial charge in [-0.15, -0.1) is 0 Å². The number of carbonyl (C=O) groups excluding carboxylic acids is 1. The van der Waals surface area contributed by atoms with E-state index in [1.807, 2.05) is 18.2 Å². The second kappa shape index (κ2) is 9.18. The fourth-order valence-electron chi connectivity index (χ4n) is 3.55. The van der Waals surface area contributed by atoms with Crippen molar-refractivity contribution in [1.29, 1.82) is 0 Å². The third kappa shape index (κ3) is 4.42. The normalized spacial score (nSPS) is 11.2. The number of halogens is 3. The predicted octanol–water partition coefficient (Wildman–Crippen LogP) is 8.53. The zero-order valence-electron chi connectivity index (χ0n) is 17.9. The second-order valence-electron chi connectivity index (χ2n) is 7.61. The van der Waals surface area contributed by atoms with Crippen molar-refractivity contribution in [3.63, 3.8) is 0 Å². The van der Waals surface area contributed by atoms with Crippen molar-refractivity contribution < 1.29 is 13.6 Å². The molecule has 2 heterocycles. The fraction of sp³-hybridized carbons (Fsp3) is 0.0769.